The van der Waals surface area contributed by atoms with Gasteiger partial charge in [-0.15, -0.1) is 0 Å². The van der Waals surface area contributed by atoms with Crippen LogP contribution in [0.5, 0.6) is 0 Å². The van der Waals surface area contributed by atoms with Gasteiger partial charge in [0.1, 0.15) is 30.5 Å². The molecule has 2 aliphatic rings. The molecule has 0 amide bonds. The van der Waals surface area contributed by atoms with Gasteiger partial charge in [-0.05, 0) is 22.3 Å². The van der Waals surface area contributed by atoms with Crippen LogP contribution in [0.4, 0.5) is 0 Å². The molecule has 272 valence electrons. The molecule has 0 bridgehead atoms. The van der Waals surface area contributed by atoms with E-state index in [0.717, 1.165) is 22.3 Å². The SMILES string of the molecule is O=S(=O)(C[C@@H]1C[C@H](O)[C@@H](CO)O1)[C@H]1O[C@H](COCc2ccccc2)[C@@H](OCc2ccccc2)[C@H](OCc2ccccc2)[C@H]1OCc1ccccc1. The Labute approximate surface area is 299 Å². The topological polar surface area (TPSA) is 130 Å². The van der Waals surface area contributed by atoms with E-state index >= 15 is 0 Å². The molecule has 0 saturated carbocycles. The van der Waals surface area contributed by atoms with E-state index in [2.05, 4.69) is 0 Å². The Morgan fingerprint density at radius 2 is 1.04 bits per heavy atom. The summed E-state index contributed by atoms with van der Waals surface area (Å²) < 4.78 is 67.2. The average Bonchev–Trinajstić information content (AvgIpc) is 3.51. The highest BCUT2D eigenvalue weighted by Crippen LogP contribution is 2.35. The molecule has 8 atom stereocenters. The number of aliphatic hydroxyl groups excluding tert-OH is 2. The third kappa shape index (κ3) is 10.3. The molecule has 2 aliphatic heterocycles. The predicted octanol–water partition coefficient (Wildman–Crippen LogP) is 4.61. The van der Waals surface area contributed by atoms with Crippen molar-refractivity contribution in [3.8, 4) is 0 Å². The highest BCUT2D eigenvalue weighted by atomic mass is 32.2. The lowest BCUT2D eigenvalue weighted by Crippen LogP contribution is -2.63. The van der Waals surface area contributed by atoms with Crippen LogP contribution >= 0.6 is 0 Å². The molecule has 11 heteroatoms. The standard InChI is InChI=1S/C40H46O10S/c41-22-35-34(42)21-33(49-35)28-51(43,44)40-39(48-26-32-19-11-4-12-20-32)38(47-25-31-17-9-3-10-18-31)37(46-24-30-15-7-2-8-16-30)36(50-40)27-45-23-29-13-5-1-6-14-29/h1-20,33-42H,21-28H2/t33-,34-,35+,36+,37+,38-,39+,40+/m0/s1. The van der Waals surface area contributed by atoms with Crippen LogP contribution in [-0.2, 0) is 64.7 Å². The van der Waals surface area contributed by atoms with Crippen LogP contribution < -0.4 is 0 Å². The van der Waals surface area contributed by atoms with Gasteiger partial charge in [-0.25, -0.2) is 8.42 Å². The van der Waals surface area contributed by atoms with Crippen molar-refractivity contribution in [1.82, 2.24) is 0 Å². The lowest BCUT2D eigenvalue weighted by molar-refractivity contribution is -0.256. The van der Waals surface area contributed by atoms with Crippen LogP contribution in [0.25, 0.3) is 0 Å². The van der Waals surface area contributed by atoms with Gasteiger partial charge < -0.3 is 38.6 Å². The Balaban J connectivity index is 1.34. The molecule has 4 aromatic carbocycles. The summed E-state index contributed by atoms with van der Waals surface area (Å²) in [4.78, 5) is 0. The third-order valence-electron chi connectivity index (χ3n) is 9.09. The van der Waals surface area contributed by atoms with E-state index in [9.17, 15) is 18.6 Å². The van der Waals surface area contributed by atoms with Crippen LogP contribution in [0.3, 0.4) is 0 Å². The van der Waals surface area contributed by atoms with E-state index < -0.39 is 70.4 Å². The molecule has 6 rings (SSSR count). The molecule has 0 aromatic heterocycles. The maximum absolute atomic E-state index is 14.4. The fraction of sp³-hybridized carbons (Fsp3) is 0.400. The fourth-order valence-corrected chi connectivity index (χ4v) is 8.35. The van der Waals surface area contributed by atoms with Gasteiger partial charge in [0.15, 0.2) is 15.3 Å². The zero-order valence-corrected chi connectivity index (χ0v) is 29.2. The normalized spacial score (nSPS) is 26.6. The van der Waals surface area contributed by atoms with Crippen molar-refractivity contribution in [2.45, 2.75) is 81.0 Å². The smallest absolute Gasteiger partial charge is 0.187 e. The molecule has 0 aliphatic carbocycles. The Morgan fingerprint density at radius 3 is 1.51 bits per heavy atom. The van der Waals surface area contributed by atoms with Gasteiger partial charge in [0.25, 0.3) is 0 Å². The first-order valence-corrected chi connectivity index (χ1v) is 19.0. The molecule has 2 fully saturated rings. The van der Waals surface area contributed by atoms with Crippen molar-refractivity contribution >= 4 is 9.84 Å². The number of sulfone groups is 1. The zero-order chi connectivity index (χ0) is 35.5. The summed E-state index contributed by atoms with van der Waals surface area (Å²) in [6, 6.07) is 38.5. The quantitative estimate of drug-likeness (QED) is 0.160. The minimum atomic E-state index is -4.15. The highest BCUT2D eigenvalue weighted by Gasteiger charge is 2.53. The number of hydrogen-bond acceptors (Lipinski definition) is 10. The van der Waals surface area contributed by atoms with Crippen molar-refractivity contribution in [2.75, 3.05) is 19.0 Å². The number of benzene rings is 4. The minimum Gasteiger partial charge on any atom is -0.394 e. The molecule has 0 spiro atoms. The highest BCUT2D eigenvalue weighted by molar-refractivity contribution is 7.91. The van der Waals surface area contributed by atoms with Gasteiger partial charge >= 0.3 is 0 Å². The summed E-state index contributed by atoms with van der Waals surface area (Å²) in [6.45, 7) is 0.358. The Kier molecular flexibility index (Phi) is 13.4. The van der Waals surface area contributed by atoms with E-state index in [4.69, 9.17) is 28.4 Å². The summed E-state index contributed by atoms with van der Waals surface area (Å²) in [5.41, 5.74) is 2.13. The van der Waals surface area contributed by atoms with Crippen LogP contribution in [-0.4, -0.2) is 85.8 Å². The molecule has 2 N–H and O–H groups in total. The molecule has 0 radical (unpaired) electrons. The van der Waals surface area contributed by atoms with Crippen molar-refractivity contribution in [3.05, 3.63) is 144 Å². The van der Waals surface area contributed by atoms with Gasteiger partial charge in [0, 0.05) is 6.42 Å². The molecule has 2 heterocycles. The number of hydrogen-bond donors (Lipinski definition) is 2. The van der Waals surface area contributed by atoms with Gasteiger partial charge in [-0.3, -0.25) is 0 Å². The van der Waals surface area contributed by atoms with Crippen molar-refractivity contribution in [3.63, 3.8) is 0 Å². The first kappa shape index (κ1) is 37.3. The maximum Gasteiger partial charge on any atom is 0.187 e. The minimum absolute atomic E-state index is 0.0161. The molecule has 2 saturated heterocycles. The average molecular weight is 719 g/mol. The number of rotatable bonds is 17. The molecule has 10 nitrogen and oxygen atoms in total. The van der Waals surface area contributed by atoms with Crippen LogP contribution in [0, 0.1) is 0 Å². The Hall–Kier alpha value is -3.49. The maximum atomic E-state index is 14.4. The molecular weight excluding hydrogens is 672 g/mol. The van der Waals surface area contributed by atoms with Gasteiger partial charge in [0.2, 0.25) is 0 Å². The molecule has 0 unspecified atom stereocenters. The molecule has 51 heavy (non-hydrogen) atoms. The first-order valence-electron chi connectivity index (χ1n) is 17.3. The predicted molar refractivity (Wildman–Crippen MR) is 190 cm³/mol. The van der Waals surface area contributed by atoms with Crippen molar-refractivity contribution in [1.29, 1.82) is 0 Å². The van der Waals surface area contributed by atoms with Crippen LogP contribution in [0.2, 0.25) is 0 Å². The molecule has 4 aromatic rings. The Bertz CT molecular complexity index is 1690. The van der Waals surface area contributed by atoms with Crippen LogP contribution in [0.1, 0.15) is 28.7 Å². The second-order valence-corrected chi connectivity index (χ2v) is 15.1. The number of ether oxygens (including phenoxy) is 6. The first-order chi connectivity index (χ1) is 24.9. The van der Waals surface area contributed by atoms with E-state index in [1.165, 1.54) is 0 Å². The lowest BCUT2D eigenvalue weighted by Gasteiger charge is -2.46. The molecular formula is C40H46O10S. The van der Waals surface area contributed by atoms with Crippen molar-refractivity contribution < 1.29 is 47.1 Å². The second-order valence-electron chi connectivity index (χ2n) is 12.9. The van der Waals surface area contributed by atoms with Gasteiger partial charge in [0.05, 0.1) is 57.6 Å². The van der Waals surface area contributed by atoms with E-state index in [1.807, 2.05) is 121 Å². The van der Waals surface area contributed by atoms with Gasteiger partial charge in [-0.2, -0.15) is 0 Å². The monoisotopic (exact) mass is 718 g/mol. The summed E-state index contributed by atoms with van der Waals surface area (Å²) in [5, 5.41) is 20.0. The van der Waals surface area contributed by atoms with E-state index in [-0.39, 0.29) is 39.5 Å². The van der Waals surface area contributed by atoms with E-state index in [1.54, 1.807) is 0 Å². The fourth-order valence-electron chi connectivity index (χ4n) is 6.48. The summed E-state index contributed by atoms with van der Waals surface area (Å²) >= 11 is 0. The second kappa shape index (κ2) is 18.3. The summed E-state index contributed by atoms with van der Waals surface area (Å²) in [5.74, 6) is -0.449. The summed E-state index contributed by atoms with van der Waals surface area (Å²) in [7, 11) is -4.15. The Morgan fingerprint density at radius 1 is 0.588 bits per heavy atom. The summed E-state index contributed by atoms with van der Waals surface area (Å²) in [6.07, 6.45) is -6.31. The number of aliphatic hydroxyl groups is 2. The van der Waals surface area contributed by atoms with Crippen molar-refractivity contribution in [2.24, 2.45) is 0 Å². The van der Waals surface area contributed by atoms with Crippen LogP contribution in [0.15, 0.2) is 121 Å². The van der Waals surface area contributed by atoms with Gasteiger partial charge in [-0.1, -0.05) is 121 Å². The largest absolute Gasteiger partial charge is 0.394 e. The zero-order valence-electron chi connectivity index (χ0n) is 28.4. The lowest BCUT2D eigenvalue weighted by atomic mass is 9.98. The van der Waals surface area contributed by atoms with E-state index in [0.29, 0.717) is 0 Å². The third-order valence-corrected chi connectivity index (χ3v) is 11.0.